The van der Waals surface area contributed by atoms with E-state index in [-0.39, 0.29) is 5.91 Å². The summed E-state index contributed by atoms with van der Waals surface area (Å²) in [5.74, 6) is 0.676. The number of carbonyl (C=O) groups excluding carboxylic acids is 1. The summed E-state index contributed by atoms with van der Waals surface area (Å²) in [6, 6.07) is 6.32. The Bertz CT molecular complexity index is 675. The molecule has 0 atom stereocenters. The smallest absolute Gasteiger partial charge is 0.225 e. The number of nitrogens with one attached hydrogen (secondary N) is 1. The SMILES string of the molecule is O=C(CCNc1cccc(F)n1)N1CCN(c2ncccn2)CC1. The monoisotopic (exact) mass is 330 g/mol. The van der Waals surface area contributed by atoms with Crippen molar-refractivity contribution >= 4 is 17.7 Å². The molecule has 0 saturated carbocycles. The zero-order valence-corrected chi connectivity index (χ0v) is 13.2. The van der Waals surface area contributed by atoms with Gasteiger partial charge in [0, 0.05) is 51.5 Å². The number of halogens is 1. The molecule has 0 unspecified atom stereocenters. The minimum Gasteiger partial charge on any atom is -0.369 e. The second kappa shape index (κ2) is 7.67. The van der Waals surface area contributed by atoms with Gasteiger partial charge in [-0.25, -0.2) is 15.0 Å². The van der Waals surface area contributed by atoms with E-state index >= 15 is 0 Å². The van der Waals surface area contributed by atoms with Gasteiger partial charge in [0.05, 0.1) is 0 Å². The minimum atomic E-state index is -0.537. The lowest BCUT2D eigenvalue weighted by molar-refractivity contribution is -0.131. The number of carbonyl (C=O) groups is 1. The Hall–Kier alpha value is -2.77. The molecule has 0 aliphatic carbocycles. The summed E-state index contributed by atoms with van der Waals surface area (Å²) in [6.07, 6.45) is 3.78. The molecule has 24 heavy (non-hydrogen) atoms. The van der Waals surface area contributed by atoms with Crippen molar-refractivity contribution in [3.05, 3.63) is 42.6 Å². The molecule has 1 aliphatic rings. The molecule has 3 rings (SSSR count). The highest BCUT2D eigenvalue weighted by molar-refractivity contribution is 5.77. The summed E-state index contributed by atoms with van der Waals surface area (Å²) >= 11 is 0. The molecule has 1 aliphatic heterocycles. The minimum absolute atomic E-state index is 0.0764. The van der Waals surface area contributed by atoms with E-state index in [2.05, 4.69) is 25.2 Å². The number of nitrogens with zero attached hydrogens (tertiary/aromatic N) is 5. The summed E-state index contributed by atoms with van der Waals surface area (Å²) in [4.78, 5) is 28.3. The van der Waals surface area contributed by atoms with Gasteiger partial charge in [0.15, 0.2) is 0 Å². The number of amides is 1. The maximum atomic E-state index is 13.0. The molecule has 0 radical (unpaired) electrons. The number of hydrogen-bond acceptors (Lipinski definition) is 6. The molecule has 0 bridgehead atoms. The van der Waals surface area contributed by atoms with Crippen molar-refractivity contribution in [1.29, 1.82) is 0 Å². The van der Waals surface area contributed by atoms with Crippen LogP contribution in [0.25, 0.3) is 0 Å². The average molecular weight is 330 g/mol. The van der Waals surface area contributed by atoms with Gasteiger partial charge in [0.25, 0.3) is 0 Å². The molecule has 0 aromatic carbocycles. The fourth-order valence-corrected chi connectivity index (χ4v) is 2.57. The van der Waals surface area contributed by atoms with Crippen molar-refractivity contribution in [2.75, 3.05) is 42.9 Å². The van der Waals surface area contributed by atoms with Crippen LogP contribution in [0, 0.1) is 5.95 Å². The Balaban J connectivity index is 1.42. The van der Waals surface area contributed by atoms with Gasteiger partial charge in [0.2, 0.25) is 17.8 Å². The Labute approximate surface area is 139 Å². The van der Waals surface area contributed by atoms with Gasteiger partial charge < -0.3 is 15.1 Å². The van der Waals surface area contributed by atoms with Gasteiger partial charge >= 0.3 is 0 Å². The standard InChI is InChI=1S/C16H19FN6O/c17-13-3-1-4-14(21-13)18-8-5-15(24)22-9-11-23(12-10-22)16-19-6-2-7-20-16/h1-4,6-7H,5,8-12H2,(H,18,21). The summed E-state index contributed by atoms with van der Waals surface area (Å²) in [5.41, 5.74) is 0. The maximum absolute atomic E-state index is 13.0. The first kappa shape index (κ1) is 16.1. The van der Waals surface area contributed by atoms with Gasteiger partial charge in [-0.2, -0.15) is 4.39 Å². The van der Waals surface area contributed by atoms with Crippen molar-refractivity contribution in [3.63, 3.8) is 0 Å². The Morgan fingerprint density at radius 3 is 2.58 bits per heavy atom. The first-order valence-corrected chi connectivity index (χ1v) is 7.88. The molecule has 2 aromatic heterocycles. The quantitative estimate of drug-likeness (QED) is 0.830. The summed E-state index contributed by atoms with van der Waals surface area (Å²) in [6.45, 7) is 3.16. The van der Waals surface area contributed by atoms with Gasteiger partial charge in [-0.1, -0.05) is 6.07 Å². The van der Waals surface area contributed by atoms with E-state index in [9.17, 15) is 9.18 Å². The molecule has 0 spiro atoms. The number of aromatic nitrogens is 3. The van der Waals surface area contributed by atoms with E-state index < -0.39 is 5.95 Å². The van der Waals surface area contributed by atoms with Crippen molar-refractivity contribution in [1.82, 2.24) is 19.9 Å². The van der Waals surface area contributed by atoms with Gasteiger partial charge in [0.1, 0.15) is 5.82 Å². The van der Waals surface area contributed by atoms with Crippen LogP contribution in [0.1, 0.15) is 6.42 Å². The first-order valence-electron chi connectivity index (χ1n) is 7.88. The zero-order chi connectivity index (χ0) is 16.8. The lowest BCUT2D eigenvalue weighted by Crippen LogP contribution is -2.49. The molecule has 1 N–H and O–H groups in total. The Kier molecular flexibility index (Phi) is 5.15. The van der Waals surface area contributed by atoms with E-state index in [1.54, 1.807) is 30.6 Å². The molecule has 2 aromatic rings. The second-order valence-electron chi connectivity index (χ2n) is 5.44. The van der Waals surface area contributed by atoms with Crippen LogP contribution in [0.15, 0.2) is 36.7 Å². The topological polar surface area (TPSA) is 74.2 Å². The van der Waals surface area contributed by atoms with Crippen LogP contribution in [0.2, 0.25) is 0 Å². The molecular formula is C16H19FN6O. The number of pyridine rings is 1. The van der Waals surface area contributed by atoms with Crippen LogP contribution in [-0.4, -0.2) is 58.5 Å². The highest BCUT2D eigenvalue weighted by Crippen LogP contribution is 2.10. The lowest BCUT2D eigenvalue weighted by Gasteiger charge is -2.34. The second-order valence-corrected chi connectivity index (χ2v) is 5.44. The van der Waals surface area contributed by atoms with E-state index in [1.165, 1.54) is 6.07 Å². The fraction of sp³-hybridized carbons (Fsp3) is 0.375. The first-order chi connectivity index (χ1) is 11.7. The third-order valence-electron chi connectivity index (χ3n) is 3.83. The van der Waals surface area contributed by atoms with Crippen LogP contribution >= 0.6 is 0 Å². The van der Waals surface area contributed by atoms with Crippen molar-refractivity contribution < 1.29 is 9.18 Å². The summed E-state index contributed by atoms with van der Waals surface area (Å²) < 4.78 is 13.0. The van der Waals surface area contributed by atoms with Gasteiger partial charge in [-0.3, -0.25) is 4.79 Å². The molecule has 7 nitrogen and oxygen atoms in total. The molecule has 1 saturated heterocycles. The molecule has 1 amide bonds. The van der Waals surface area contributed by atoms with Crippen molar-refractivity contribution in [3.8, 4) is 0 Å². The Morgan fingerprint density at radius 2 is 1.88 bits per heavy atom. The maximum Gasteiger partial charge on any atom is 0.225 e. The lowest BCUT2D eigenvalue weighted by atomic mass is 10.3. The van der Waals surface area contributed by atoms with Crippen molar-refractivity contribution in [2.45, 2.75) is 6.42 Å². The predicted molar refractivity (Wildman–Crippen MR) is 88.1 cm³/mol. The highest BCUT2D eigenvalue weighted by atomic mass is 19.1. The third kappa shape index (κ3) is 4.15. The average Bonchev–Trinajstić information content (AvgIpc) is 2.63. The van der Waals surface area contributed by atoms with E-state index in [1.807, 2.05) is 4.90 Å². The van der Waals surface area contributed by atoms with Crippen LogP contribution in [0.3, 0.4) is 0 Å². The fourth-order valence-electron chi connectivity index (χ4n) is 2.57. The normalized spacial score (nSPS) is 14.5. The van der Waals surface area contributed by atoms with Gasteiger partial charge in [-0.15, -0.1) is 0 Å². The molecule has 3 heterocycles. The van der Waals surface area contributed by atoms with Crippen LogP contribution in [0.4, 0.5) is 16.2 Å². The molecule has 8 heteroatoms. The number of hydrogen-bond donors (Lipinski definition) is 1. The molecule has 1 fully saturated rings. The number of rotatable bonds is 5. The van der Waals surface area contributed by atoms with Crippen LogP contribution < -0.4 is 10.2 Å². The molecule has 126 valence electrons. The highest BCUT2D eigenvalue weighted by Gasteiger charge is 2.21. The van der Waals surface area contributed by atoms with Crippen LogP contribution in [0.5, 0.6) is 0 Å². The molecular weight excluding hydrogens is 311 g/mol. The third-order valence-corrected chi connectivity index (χ3v) is 3.83. The Morgan fingerprint density at radius 1 is 1.12 bits per heavy atom. The largest absolute Gasteiger partial charge is 0.369 e. The van der Waals surface area contributed by atoms with Crippen LogP contribution in [-0.2, 0) is 4.79 Å². The van der Waals surface area contributed by atoms with E-state index in [0.29, 0.717) is 50.9 Å². The zero-order valence-electron chi connectivity index (χ0n) is 13.2. The summed E-state index contributed by atoms with van der Waals surface area (Å²) in [5, 5.41) is 2.96. The van der Waals surface area contributed by atoms with Gasteiger partial charge in [-0.05, 0) is 18.2 Å². The van der Waals surface area contributed by atoms with Crippen molar-refractivity contribution in [2.24, 2.45) is 0 Å². The number of anilines is 2. The number of piperazine rings is 1. The van der Waals surface area contributed by atoms with E-state index in [4.69, 9.17) is 0 Å². The van der Waals surface area contributed by atoms with E-state index in [0.717, 1.165) is 0 Å². The predicted octanol–water partition coefficient (Wildman–Crippen LogP) is 1.16. The summed E-state index contributed by atoms with van der Waals surface area (Å²) in [7, 11) is 0.